The van der Waals surface area contributed by atoms with Gasteiger partial charge in [-0.25, -0.2) is 9.97 Å². The number of hydrogen-bond donors (Lipinski definition) is 0. The van der Waals surface area contributed by atoms with Crippen molar-refractivity contribution in [3.63, 3.8) is 0 Å². The standard InChI is InChI=1S/C13H14BrN3O/c1-17(11-4-3-5-12(6-11)18-2)13-15-8-10(7-14)9-16-13/h3-6,8-9H,7H2,1-2H3. The first kappa shape index (κ1) is 12.8. The van der Waals surface area contributed by atoms with Crippen molar-refractivity contribution in [3.05, 3.63) is 42.2 Å². The topological polar surface area (TPSA) is 38.2 Å². The summed E-state index contributed by atoms with van der Waals surface area (Å²) in [5, 5.41) is 0.760. The predicted molar refractivity (Wildman–Crippen MR) is 75.7 cm³/mol. The number of hydrogen-bond acceptors (Lipinski definition) is 4. The minimum atomic E-state index is 0.660. The van der Waals surface area contributed by atoms with Gasteiger partial charge >= 0.3 is 0 Å². The van der Waals surface area contributed by atoms with Crippen molar-refractivity contribution in [1.82, 2.24) is 9.97 Å². The van der Waals surface area contributed by atoms with Gasteiger partial charge in [-0.05, 0) is 17.7 Å². The lowest BCUT2D eigenvalue weighted by Gasteiger charge is -2.17. The third-order valence-corrected chi connectivity index (χ3v) is 3.23. The lowest BCUT2D eigenvalue weighted by atomic mass is 10.3. The van der Waals surface area contributed by atoms with Crippen LogP contribution in [0.3, 0.4) is 0 Å². The first-order valence-corrected chi connectivity index (χ1v) is 6.61. The summed E-state index contributed by atoms with van der Waals surface area (Å²) in [4.78, 5) is 10.6. The maximum atomic E-state index is 5.20. The largest absolute Gasteiger partial charge is 0.497 e. The Morgan fingerprint density at radius 2 is 2.00 bits per heavy atom. The van der Waals surface area contributed by atoms with E-state index in [1.165, 1.54) is 0 Å². The summed E-state index contributed by atoms with van der Waals surface area (Å²) in [6.45, 7) is 0. The fourth-order valence-electron chi connectivity index (χ4n) is 1.52. The highest BCUT2D eigenvalue weighted by molar-refractivity contribution is 9.08. The van der Waals surface area contributed by atoms with E-state index >= 15 is 0 Å². The molecule has 2 rings (SSSR count). The fraction of sp³-hybridized carbons (Fsp3) is 0.231. The van der Waals surface area contributed by atoms with Crippen LogP contribution in [0.2, 0.25) is 0 Å². The number of nitrogens with zero attached hydrogens (tertiary/aromatic N) is 3. The lowest BCUT2D eigenvalue weighted by molar-refractivity contribution is 0.415. The molecule has 0 fully saturated rings. The summed E-state index contributed by atoms with van der Waals surface area (Å²) in [5.74, 6) is 1.48. The van der Waals surface area contributed by atoms with E-state index in [-0.39, 0.29) is 0 Å². The molecule has 1 aromatic carbocycles. The number of ether oxygens (including phenoxy) is 1. The molecule has 0 radical (unpaired) electrons. The SMILES string of the molecule is COc1cccc(N(C)c2ncc(CBr)cn2)c1. The van der Waals surface area contributed by atoms with Crippen LogP contribution in [-0.2, 0) is 5.33 Å². The van der Waals surface area contributed by atoms with Crippen molar-refractivity contribution < 1.29 is 4.74 Å². The van der Waals surface area contributed by atoms with Crippen molar-refractivity contribution in [2.24, 2.45) is 0 Å². The summed E-state index contributed by atoms with van der Waals surface area (Å²) in [6, 6.07) is 7.79. The molecule has 0 saturated heterocycles. The maximum Gasteiger partial charge on any atom is 0.229 e. The molecule has 5 heteroatoms. The van der Waals surface area contributed by atoms with E-state index in [2.05, 4.69) is 25.9 Å². The van der Waals surface area contributed by atoms with Gasteiger partial charge in [0.15, 0.2) is 0 Å². The average Bonchev–Trinajstić information content (AvgIpc) is 2.46. The number of benzene rings is 1. The number of anilines is 2. The van der Waals surface area contributed by atoms with Crippen LogP contribution in [0.5, 0.6) is 5.75 Å². The van der Waals surface area contributed by atoms with Crippen LogP contribution in [0, 0.1) is 0 Å². The van der Waals surface area contributed by atoms with Crippen LogP contribution in [0.1, 0.15) is 5.56 Å². The minimum Gasteiger partial charge on any atom is -0.497 e. The highest BCUT2D eigenvalue weighted by Gasteiger charge is 2.07. The van der Waals surface area contributed by atoms with Crippen molar-refractivity contribution in [3.8, 4) is 5.75 Å². The van der Waals surface area contributed by atoms with Gasteiger partial charge in [0, 0.05) is 36.5 Å². The molecule has 0 spiro atoms. The molecule has 0 saturated carbocycles. The van der Waals surface area contributed by atoms with E-state index in [4.69, 9.17) is 4.74 Å². The van der Waals surface area contributed by atoms with E-state index in [0.29, 0.717) is 5.95 Å². The summed E-state index contributed by atoms with van der Waals surface area (Å²) < 4.78 is 5.20. The van der Waals surface area contributed by atoms with Crippen LogP contribution >= 0.6 is 15.9 Å². The van der Waals surface area contributed by atoms with Gasteiger partial charge < -0.3 is 9.64 Å². The molecule has 0 aliphatic rings. The predicted octanol–water partition coefficient (Wildman–Crippen LogP) is 3.15. The fourth-order valence-corrected chi connectivity index (χ4v) is 1.81. The smallest absolute Gasteiger partial charge is 0.229 e. The number of aromatic nitrogens is 2. The number of halogens is 1. The maximum absolute atomic E-state index is 5.20. The van der Waals surface area contributed by atoms with Gasteiger partial charge in [-0.3, -0.25) is 0 Å². The lowest BCUT2D eigenvalue weighted by Crippen LogP contribution is -2.13. The quantitative estimate of drug-likeness (QED) is 0.813. The van der Waals surface area contributed by atoms with E-state index < -0.39 is 0 Å². The molecule has 0 amide bonds. The first-order chi connectivity index (χ1) is 8.74. The minimum absolute atomic E-state index is 0.660. The second-order valence-electron chi connectivity index (χ2n) is 3.79. The third kappa shape index (κ3) is 2.79. The Morgan fingerprint density at radius 3 is 2.61 bits per heavy atom. The monoisotopic (exact) mass is 307 g/mol. The van der Waals surface area contributed by atoms with Crippen LogP contribution in [0.4, 0.5) is 11.6 Å². The first-order valence-electron chi connectivity index (χ1n) is 5.49. The van der Waals surface area contributed by atoms with Gasteiger partial charge in [-0.1, -0.05) is 22.0 Å². The molecule has 94 valence electrons. The molecule has 0 bridgehead atoms. The second-order valence-corrected chi connectivity index (χ2v) is 4.35. The summed E-state index contributed by atoms with van der Waals surface area (Å²) in [5.41, 5.74) is 2.04. The van der Waals surface area contributed by atoms with Gasteiger partial charge in [0.2, 0.25) is 5.95 Å². The van der Waals surface area contributed by atoms with Crippen LogP contribution in [0.25, 0.3) is 0 Å². The molecule has 1 heterocycles. The molecule has 18 heavy (non-hydrogen) atoms. The van der Waals surface area contributed by atoms with Crippen molar-refractivity contribution >= 4 is 27.6 Å². The Hall–Kier alpha value is -1.62. The Labute approximate surface area is 115 Å². The van der Waals surface area contributed by atoms with Crippen molar-refractivity contribution in [2.75, 3.05) is 19.1 Å². The molecular formula is C13H14BrN3O. The van der Waals surface area contributed by atoms with Gasteiger partial charge in [-0.15, -0.1) is 0 Å². The highest BCUT2D eigenvalue weighted by Crippen LogP contribution is 2.24. The summed E-state index contributed by atoms with van der Waals surface area (Å²) in [7, 11) is 3.58. The molecule has 4 nitrogen and oxygen atoms in total. The zero-order valence-corrected chi connectivity index (χ0v) is 11.9. The number of methoxy groups -OCH3 is 1. The highest BCUT2D eigenvalue weighted by atomic mass is 79.9. The van der Waals surface area contributed by atoms with Gasteiger partial charge in [0.25, 0.3) is 0 Å². The third-order valence-electron chi connectivity index (χ3n) is 2.59. The molecule has 1 aromatic heterocycles. The number of rotatable bonds is 4. The van der Waals surface area contributed by atoms with Crippen molar-refractivity contribution in [1.29, 1.82) is 0 Å². The summed E-state index contributed by atoms with van der Waals surface area (Å²) >= 11 is 3.37. The molecule has 0 aliphatic heterocycles. The van der Waals surface area contributed by atoms with Gasteiger partial charge in [0.05, 0.1) is 7.11 Å². The zero-order valence-electron chi connectivity index (χ0n) is 10.3. The van der Waals surface area contributed by atoms with Crippen LogP contribution in [-0.4, -0.2) is 24.1 Å². The summed E-state index contributed by atoms with van der Waals surface area (Å²) in [6.07, 6.45) is 3.63. The Bertz CT molecular complexity index is 516. The van der Waals surface area contributed by atoms with E-state index in [1.807, 2.05) is 48.6 Å². The van der Waals surface area contributed by atoms with E-state index in [1.54, 1.807) is 7.11 Å². The molecular weight excluding hydrogens is 294 g/mol. The Morgan fingerprint density at radius 1 is 1.28 bits per heavy atom. The van der Waals surface area contributed by atoms with Crippen LogP contribution < -0.4 is 9.64 Å². The zero-order chi connectivity index (χ0) is 13.0. The Kier molecular flexibility index (Phi) is 4.15. The molecule has 0 unspecified atom stereocenters. The van der Waals surface area contributed by atoms with E-state index in [9.17, 15) is 0 Å². The van der Waals surface area contributed by atoms with Gasteiger partial charge in [0.1, 0.15) is 5.75 Å². The molecule has 0 atom stereocenters. The van der Waals surface area contributed by atoms with Crippen molar-refractivity contribution in [2.45, 2.75) is 5.33 Å². The van der Waals surface area contributed by atoms with E-state index in [0.717, 1.165) is 22.3 Å². The van der Waals surface area contributed by atoms with Crippen LogP contribution in [0.15, 0.2) is 36.7 Å². The second kappa shape index (κ2) is 5.82. The number of alkyl halides is 1. The van der Waals surface area contributed by atoms with Gasteiger partial charge in [-0.2, -0.15) is 0 Å². The Balaban J connectivity index is 2.25. The normalized spacial score (nSPS) is 10.2. The average molecular weight is 308 g/mol. The molecule has 0 N–H and O–H groups in total. The molecule has 0 aliphatic carbocycles. The molecule has 2 aromatic rings.